The fourth-order valence-electron chi connectivity index (χ4n) is 1.65. The van der Waals surface area contributed by atoms with Crippen LogP contribution in [0.4, 0.5) is 5.69 Å². The molecule has 0 spiro atoms. The molecular weight excluding hydrogens is 296 g/mol. The van der Waals surface area contributed by atoms with Gasteiger partial charge in [0.15, 0.2) is 5.60 Å². The maximum atomic E-state index is 11.9. The molecule has 2 amide bonds. The Hall–Kier alpha value is -2.06. The first-order valence-corrected chi connectivity index (χ1v) is 7.09. The van der Waals surface area contributed by atoms with Crippen LogP contribution < -0.4 is 10.6 Å². The Labute approximate surface area is 124 Å². The summed E-state index contributed by atoms with van der Waals surface area (Å²) in [7, 11) is 0. The Bertz CT molecular complexity index is 615. The van der Waals surface area contributed by atoms with Gasteiger partial charge in [-0.15, -0.1) is 11.8 Å². The molecule has 0 saturated heterocycles. The lowest BCUT2D eigenvalue weighted by Gasteiger charge is -2.19. The second-order valence-electron chi connectivity index (χ2n) is 4.81. The molecule has 1 atom stereocenters. The van der Waals surface area contributed by atoms with Crippen molar-refractivity contribution in [3.05, 3.63) is 23.8 Å². The van der Waals surface area contributed by atoms with E-state index in [1.807, 2.05) is 0 Å². The second-order valence-corrected chi connectivity index (χ2v) is 5.83. The predicted molar refractivity (Wildman–Crippen MR) is 76.4 cm³/mol. The van der Waals surface area contributed by atoms with Crippen molar-refractivity contribution in [3.8, 4) is 0 Å². The Morgan fingerprint density at radius 2 is 2.19 bits per heavy atom. The van der Waals surface area contributed by atoms with Gasteiger partial charge in [-0.1, -0.05) is 0 Å². The normalized spacial score (nSPS) is 16.4. The lowest BCUT2D eigenvalue weighted by molar-refractivity contribution is -0.155. The van der Waals surface area contributed by atoms with E-state index in [0.717, 1.165) is 11.8 Å². The van der Waals surface area contributed by atoms with Gasteiger partial charge in [-0.2, -0.15) is 0 Å². The minimum Gasteiger partial charge on any atom is -0.479 e. The molecule has 0 aliphatic carbocycles. The van der Waals surface area contributed by atoms with Gasteiger partial charge in [0.05, 0.1) is 18.0 Å². The van der Waals surface area contributed by atoms with Gasteiger partial charge in [0.2, 0.25) is 5.91 Å². The molecule has 1 aliphatic heterocycles. The van der Waals surface area contributed by atoms with Crippen LogP contribution in [-0.2, 0) is 9.59 Å². The third-order valence-corrected chi connectivity index (χ3v) is 4.00. The molecule has 1 heterocycles. The number of carboxylic acids is 1. The number of carbonyl (C=O) groups excluding carboxylic acids is 2. The Morgan fingerprint density at radius 1 is 1.48 bits per heavy atom. The third-order valence-electron chi connectivity index (χ3n) is 2.93. The SMILES string of the molecule is CC(O)(CNC(=O)c1ccc2c(c1)NC(=O)CS2)C(=O)O. The van der Waals surface area contributed by atoms with Crippen LogP contribution in [0.3, 0.4) is 0 Å². The van der Waals surface area contributed by atoms with Crippen LogP contribution in [0.2, 0.25) is 0 Å². The number of aliphatic hydroxyl groups is 1. The van der Waals surface area contributed by atoms with E-state index in [1.165, 1.54) is 17.8 Å². The molecule has 1 unspecified atom stereocenters. The molecule has 1 aromatic carbocycles. The van der Waals surface area contributed by atoms with Crippen molar-refractivity contribution in [2.75, 3.05) is 17.6 Å². The molecule has 7 nitrogen and oxygen atoms in total. The molecule has 0 aromatic heterocycles. The van der Waals surface area contributed by atoms with Gasteiger partial charge in [-0.25, -0.2) is 4.79 Å². The lowest BCUT2D eigenvalue weighted by atomic mass is 10.1. The summed E-state index contributed by atoms with van der Waals surface area (Å²) < 4.78 is 0. The quantitative estimate of drug-likeness (QED) is 0.635. The van der Waals surface area contributed by atoms with Crippen molar-refractivity contribution in [2.45, 2.75) is 17.4 Å². The number of amides is 2. The monoisotopic (exact) mass is 310 g/mol. The number of nitrogens with one attached hydrogen (secondary N) is 2. The summed E-state index contributed by atoms with van der Waals surface area (Å²) in [4.78, 5) is 34.9. The number of hydrogen-bond donors (Lipinski definition) is 4. The van der Waals surface area contributed by atoms with Crippen LogP contribution >= 0.6 is 11.8 Å². The number of carbonyl (C=O) groups is 3. The summed E-state index contributed by atoms with van der Waals surface area (Å²) in [6, 6.07) is 4.81. The first-order chi connectivity index (χ1) is 9.79. The van der Waals surface area contributed by atoms with Crippen molar-refractivity contribution in [3.63, 3.8) is 0 Å². The van der Waals surface area contributed by atoms with Crippen molar-refractivity contribution in [1.29, 1.82) is 0 Å². The number of carboxylic acid groups (broad SMARTS) is 1. The van der Waals surface area contributed by atoms with Crippen molar-refractivity contribution >= 4 is 35.2 Å². The highest BCUT2D eigenvalue weighted by Gasteiger charge is 2.30. The van der Waals surface area contributed by atoms with Gasteiger partial charge in [0.25, 0.3) is 5.91 Å². The Balaban J connectivity index is 2.08. The Morgan fingerprint density at radius 3 is 2.86 bits per heavy atom. The molecule has 0 radical (unpaired) electrons. The zero-order valence-electron chi connectivity index (χ0n) is 11.2. The summed E-state index contributed by atoms with van der Waals surface area (Å²) in [6.07, 6.45) is 0. The summed E-state index contributed by atoms with van der Waals surface area (Å²) in [5.41, 5.74) is -1.21. The molecule has 1 aromatic rings. The predicted octanol–water partition coefficient (Wildman–Crippen LogP) is 0.296. The summed E-state index contributed by atoms with van der Waals surface area (Å²) in [6.45, 7) is 0.679. The number of anilines is 1. The van der Waals surface area contributed by atoms with E-state index < -0.39 is 24.0 Å². The van der Waals surface area contributed by atoms with Crippen LogP contribution in [0.5, 0.6) is 0 Å². The van der Waals surface area contributed by atoms with E-state index in [2.05, 4.69) is 10.6 Å². The molecule has 0 saturated carbocycles. The fraction of sp³-hybridized carbons (Fsp3) is 0.308. The topological polar surface area (TPSA) is 116 Å². The van der Waals surface area contributed by atoms with Crippen LogP contribution in [0.15, 0.2) is 23.1 Å². The minimum atomic E-state index is -2.03. The van der Waals surface area contributed by atoms with Gasteiger partial charge in [0.1, 0.15) is 0 Å². The average Bonchev–Trinajstić information content (AvgIpc) is 2.43. The number of benzene rings is 1. The highest BCUT2D eigenvalue weighted by molar-refractivity contribution is 8.00. The van der Waals surface area contributed by atoms with Crippen LogP contribution in [0.1, 0.15) is 17.3 Å². The number of fused-ring (bicyclic) bond motifs is 1. The molecule has 112 valence electrons. The molecule has 4 N–H and O–H groups in total. The number of aliphatic carboxylic acids is 1. The van der Waals surface area contributed by atoms with E-state index in [9.17, 15) is 19.5 Å². The maximum absolute atomic E-state index is 11.9. The number of rotatable bonds is 4. The van der Waals surface area contributed by atoms with Gasteiger partial charge >= 0.3 is 5.97 Å². The molecule has 0 bridgehead atoms. The van der Waals surface area contributed by atoms with Crippen molar-refractivity contribution in [1.82, 2.24) is 5.32 Å². The smallest absolute Gasteiger partial charge is 0.337 e. The highest BCUT2D eigenvalue weighted by Crippen LogP contribution is 2.31. The van der Waals surface area contributed by atoms with Crippen molar-refractivity contribution in [2.24, 2.45) is 0 Å². The van der Waals surface area contributed by atoms with Crippen LogP contribution in [0.25, 0.3) is 0 Å². The van der Waals surface area contributed by atoms with Gasteiger partial charge < -0.3 is 20.8 Å². The van der Waals surface area contributed by atoms with Gasteiger partial charge in [0, 0.05) is 10.5 Å². The second kappa shape index (κ2) is 5.74. The molecule has 8 heteroatoms. The molecular formula is C13H14N2O5S. The van der Waals surface area contributed by atoms with E-state index in [4.69, 9.17) is 5.11 Å². The molecule has 1 aliphatic rings. The van der Waals surface area contributed by atoms with Crippen molar-refractivity contribution < 1.29 is 24.6 Å². The minimum absolute atomic E-state index is 0.140. The maximum Gasteiger partial charge on any atom is 0.337 e. The van der Waals surface area contributed by atoms with E-state index in [-0.39, 0.29) is 11.5 Å². The van der Waals surface area contributed by atoms with E-state index in [1.54, 1.807) is 12.1 Å². The average molecular weight is 310 g/mol. The Kier molecular flexibility index (Phi) is 4.19. The van der Waals surface area contributed by atoms with Crippen LogP contribution in [0, 0.1) is 0 Å². The number of hydrogen-bond acceptors (Lipinski definition) is 5. The molecule has 0 fully saturated rings. The largest absolute Gasteiger partial charge is 0.479 e. The lowest BCUT2D eigenvalue weighted by Crippen LogP contribution is -2.46. The fourth-order valence-corrected chi connectivity index (χ4v) is 2.44. The van der Waals surface area contributed by atoms with E-state index in [0.29, 0.717) is 11.4 Å². The van der Waals surface area contributed by atoms with Crippen LogP contribution in [-0.4, -0.2) is 45.9 Å². The van der Waals surface area contributed by atoms with Gasteiger partial charge in [-0.05, 0) is 25.1 Å². The highest BCUT2D eigenvalue weighted by atomic mass is 32.2. The number of thioether (sulfide) groups is 1. The summed E-state index contributed by atoms with van der Waals surface area (Å²) >= 11 is 1.38. The standard InChI is InChI=1S/C13H14N2O5S/c1-13(20,12(18)19)6-14-11(17)7-2-3-9-8(4-7)15-10(16)5-21-9/h2-4,20H,5-6H2,1H3,(H,14,17)(H,15,16)(H,18,19). The first kappa shape index (κ1) is 15.3. The van der Waals surface area contributed by atoms with E-state index >= 15 is 0 Å². The summed E-state index contributed by atoms with van der Waals surface area (Å²) in [5, 5.41) is 23.3. The first-order valence-electron chi connectivity index (χ1n) is 6.10. The zero-order valence-corrected chi connectivity index (χ0v) is 12.0. The zero-order chi connectivity index (χ0) is 15.6. The van der Waals surface area contributed by atoms with Gasteiger partial charge in [-0.3, -0.25) is 9.59 Å². The third kappa shape index (κ3) is 3.53. The molecule has 2 rings (SSSR count). The summed E-state index contributed by atoms with van der Waals surface area (Å²) in [5.74, 6) is -1.75. The molecule has 21 heavy (non-hydrogen) atoms.